The van der Waals surface area contributed by atoms with Gasteiger partial charge in [0, 0.05) is 31.4 Å². The molecule has 0 aliphatic carbocycles. The van der Waals surface area contributed by atoms with Crippen molar-refractivity contribution in [2.45, 2.75) is 46.7 Å². The van der Waals surface area contributed by atoms with E-state index in [1.165, 1.54) is 0 Å². The van der Waals surface area contributed by atoms with E-state index in [-0.39, 0.29) is 5.91 Å². The summed E-state index contributed by atoms with van der Waals surface area (Å²) in [6.45, 7) is 7.80. The number of nitrogens with zero attached hydrogens (tertiary/aromatic N) is 4. The topological polar surface area (TPSA) is 64.7 Å². The molecule has 0 saturated heterocycles. The second kappa shape index (κ2) is 7.45. The predicted molar refractivity (Wildman–Crippen MR) is 85.9 cm³/mol. The molecule has 22 heavy (non-hydrogen) atoms. The van der Waals surface area contributed by atoms with Crippen LogP contribution in [0.25, 0.3) is 0 Å². The molecule has 1 N–H and O–H groups in total. The lowest BCUT2D eigenvalue weighted by atomic mass is 10.3. The van der Waals surface area contributed by atoms with Gasteiger partial charge in [-0.3, -0.25) is 14.2 Å². The molecule has 0 saturated carbocycles. The minimum Gasteiger partial charge on any atom is -0.356 e. The minimum atomic E-state index is 0.0286. The maximum atomic E-state index is 11.8. The van der Waals surface area contributed by atoms with Crippen molar-refractivity contribution in [3.8, 4) is 0 Å². The van der Waals surface area contributed by atoms with Gasteiger partial charge < -0.3 is 5.32 Å². The third-order valence-electron chi connectivity index (χ3n) is 3.64. The van der Waals surface area contributed by atoms with E-state index in [2.05, 4.69) is 15.5 Å². The maximum absolute atomic E-state index is 11.8. The molecule has 120 valence electrons. The Balaban J connectivity index is 1.68. The summed E-state index contributed by atoms with van der Waals surface area (Å²) in [7, 11) is 0. The van der Waals surface area contributed by atoms with Crippen LogP contribution in [0.2, 0.25) is 5.02 Å². The highest BCUT2D eigenvalue weighted by Crippen LogP contribution is 2.18. The lowest BCUT2D eigenvalue weighted by Crippen LogP contribution is -2.26. The van der Waals surface area contributed by atoms with Crippen LogP contribution in [-0.4, -0.2) is 32.0 Å². The van der Waals surface area contributed by atoms with E-state index >= 15 is 0 Å². The van der Waals surface area contributed by atoms with Crippen molar-refractivity contribution in [3.05, 3.63) is 34.4 Å². The molecule has 0 fully saturated rings. The van der Waals surface area contributed by atoms with Crippen LogP contribution in [0.4, 0.5) is 0 Å². The highest BCUT2D eigenvalue weighted by atomic mass is 35.5. The quantitative estimate of drug-likeness (QED) is 0.795. The largest absolute Gasteiger partial charge is 0.356 e. The Hall–Kier alpha value is -1.82. The number of hydrogen-bond acceptors (Lipinski definition) is 3. The third kappa shape index (κ3) is 4.10. The second-order valence-electron chi connectivity index (χ2n) is 5.36. The molecular weight excluding hydrogens is 302 g/mol. The summed E-state index contributed by atoms with van der Waals surface area (Å²) in [5, 5.41) is 12.1. The molecule has 2 rings (SSSR count). The second-order valence-corrected chi connectivity index (χ2v) is 5.74. The van der Waals surface area contributed by atoms with Gasteiger partial charge in [-0.15, -0.1) is 0 Å². The zero-order valence-electron chi connectivity index (χ0n) is 13.3. The van der Waals surface area contributed by atoms with Gasteiger partial charge in [-0.2, -0.15) is 10.2 Å². The summed E-state index contributed by atoms with van der Waals surface area (Å²) in [4.78, 5) is 11.8. The normalized spacial score (nSPS) is 10.9. The van der Waals surface area contributed by atoms with Crippen molar-refractivity contribution in [3.63, 3.8) is 0 Å². The number of aromatic nitrogens is 4. The van der Waals surface area contributed by atoms with Crippen LogP contribution in [0.3, 0.4) is 0 Å². The molecule has 0 atom stereocenters. The van der Waals surface area contributed by atoms with Crippen molar-refractivity contribution in [1.82, 2.24) is 24.9 Å². The molecule has 0 bridgehead atoms. The van der Waals surface area contributed by atoms with Crippen LogP contribution in [0.1, 0.15) is 29.9 Å². The lowest BCUT2D eigenvalue weighted by molar-refractivity contribution is -0.121. The molecule has 0 aromatic carbocycles. The molecule has 0 aliphatic heterocycles. The van der Waals surface area contributed by atoms with E-state index in [0.717, 1.165) is 30.0 Å². The van der Waals surface area contributed by atoms with Crippen LogP contribution in [0.5, 0.6) is 0 Å². The van der Waals surface area contributed by atoms with Gasteiger partial charge in [0.25, 0.3) is 0 Å². The summed E-state index contributed by atoms with van der Waals surface area (Å²) < 4.78 is 3.72. The van der Waals surface area contributed by atoms with E-state index in [0.29, 0.717) is 24.5 Å². The van der Waals surface area contributed by atoms with Crippen LogP contribution >= 0.6 is 11.6 Å². The number of nitrogens with one attached hydrogen (secondary N) is 1. The van der Waals surface area contributed by atoms with E-state index in [9.17, 15) is 4.79 Å². The first-order valence-electron chi connectivity index (χ1n) is 7.43. The van der Waals surface area contributed by atoms with E-state index in [1.54, 1.807) is 10.9 Å². The van der Waals surface area contributed by atoms with Gasteiger partial charge in [0.2, 0.25) is 5.91 Å². The third-order valence-corrected chi connectivity index (χ3v) is 4.19. The summed E-state index contributed by atoms with van der Waals surface area (Å²) in [6.07, 6.45) is 3.05. The molecule has 0 unspecified atom stereocenters. The van der Waals surface area contributed by atoms with Crippen molar-refractivity contribution >= 4 is 17.5 Å². The number of aryl methyl sites for hydroxylation is 4. The zero-order valence-corrected chi connectivity index (χ0v) is 14.0. The summed E-state index contributed by atoms with van der Waals surface area (Å²) >= 11 is 6.09. The lowest BCUT2D eigenvalue weighted by Gasteiger charge is -2.07. The summed E-state index contributed by atoms with van der Waals surface area (Å²) in [5.74, 6) is 0.0286. The van der Waals surface area contributed by atoms with Crippen molar-refractivity contribution < 1.29 is 4.79 Å². The van der Waals surface area contributed by atoms with E-state index < -0.39 is 0 Å². The average Bonchev–Trinajstić information content (AvgIpc) is 3.00. The van der Waals surface area contributed by atoms with Crippen LogP contribution < -0.4 is 5.32 Å². The SMILES string of the molecule is Cc1nn(CCC(=O)NCCCn2nccc2C)c(C)c1Cl. The fourth-order valence-electron chi connectivity index (χ4n) is 2.28. The first kappa shape index (κ1) is 16.5. The van der Waals surface area contributed by atoms with Gasteiger partial charge in [-0.05, 0) is 33.3 Å². The van der Waals surface area contributed by atoms with Crippen molar-refractivity contribution in [2.24, 2.45) is 0 Å². The summed E-state index contributed by atoms with van der Waals surface area (Å²) in [5.41, 5.74) is 2.84. The Kier molecular flexibility index (Phi) is 5.60. The fourth-order valence-corrected chi connectivity index (χ4v) is 2.41. The predicted octanol–water partition coefficient (Wildman–Crippen LogP) is 2.25. The smallest absolute Gasteiger partial charge is 0.221 e. The van der Waals surface area contributed by atoms with E-state index in [4.69, 9.17) is 11.6 Å². The summed E-state index contributed by atoms with van der Waals surface area (Å²) in [6, 6.07) is 1.97. The molecule has 2 aromatic rings. The van der Waals surface area contributed by atoms with Gasteiger partial charge in [0.1, 0.15) is 0 Å². The monoisotopic (exact) mass is 323 g/mol. The average molecular weight is 324 g/mol. The highest BCUT2D eigenvalue weighted by Gasteiger charge is 2.10. The molecule has 0 spiro atoms. The van der Waals surface area contributed by atoms with Gasteiger partial charge in [0.05, 0.1) is 23.0 Å². The number of carbonyl (C=O) groups is 1. The standard InChI is InChI=1S/C15H22ClN5O/c1-11-5-8-18-20(11)9-4-7-17-14(22)6-10-21-13(3)15(16)12(2)19-21/h5,8H,4,6-7,9-10H2,1-3H3,(H,17,22). The van der Waals surface area contributed by atoms with Crippen LogP contribution in [0.15, 0.2) is 12.3 Å². The maximum Gasteiger partial charge on any atom is 0.221 e. The minimum absolute atomic E-state index is 0.0286. The number of halogens is 1. The van der Waals surface area contributed by atoms with Gasteiger partial charge in [-0.1, -0.05) is 11.6 Å². The van der Waals surface area contributed by atoms with Gasteiger partial charge in [0.15, 0.2) is 0 Å². The molecule has 7 heteroatoms. The van der Waals surface area contributed by atoms with Crippen molar-refractivity contribution in [1.29, 1.82) is 0 Å². The Morgan fingerprint density at radius 3 is 2.64 bits per heavy atom. The molecule has 2 heterocycles. The highest BCUT2D eigenvalue weighted by molar-refractivity contribution is 6.31. The molecule has 6 nitrogen and oxygen atoms in total. The van der Waals surface area contributed by atoms with E-state index in [1.807, 2.05) is 31.5 Å². The molecule has 2 aromatic heterocycles. The number of amides is 1. The number of rotatable bonds is 7. The van der Waals surface area contributed by atoms with Gasteiger partial charge >= 0.3 is 0 Å². The zero-order chi connectivity index (χ0) is 16.1. The van der Waals surface area contributed by atoms with Gasteiger partial charge in [-0.25, -0.2) is 0 Å². The van der Waals surface area contributed by atoms with Crippen LogP contribution in [-0.2, 0) is 17.9 Å². The molecule has 0 aliphatic rings. The van der Waals surface area contributed by atoms with Crippen LogP contribution in [0, 0.1) is 20.8 Å². The number of carbonyl (C=O) groups excluding carboxylic acids is 1. The Bertz CT molecular complexity index is 646. The number of hydrogen-bond donors (Lipinski definition) is 1. The van der Waals surface area contributed by atoms with Crippen molar-refractivity contribution in [2.75, 3.05) is 6.54 Å². The first-order chi connectivity index (χ1) is 10.5. The molecular formula is C15H22ClN5O. The fraction of sp³-hybridized carbons (Fsp3) is 0.533. The Morgan fingerprint density at radius 2 is 2.05 bits per heavy atom. The first-order valence-corrected chi connectivity index (χ1v) is 7.81. The molecule has 1 amide bonds. The Morgan fingerprint density at radius 1 is 1.27 bits per heavy atom. The Labute approximate surface area is 135 Å². The molecule has 0 radical (unpaired) electrons.